The Morgan fingerprint density at radius 2 is 1.86 bits per heavy atom. The molecule has 0 N–H and O–H groups in total. The summed E-state index contributed by atoms with van der Waals surface area (Å²) >= 11 is 0. The highest BCUT2D eigenvalue weighted by Crippen LogP contribution is 2.28. The Morgan fingerprint density at radius 1 is 1.21 bits per heavy atom. The van der Waals surface area contributed by atoms with Crippen molar-refractivity contribution >= 4 is 5.97 Å². The molecule has 1 aliphatic carbocycles. The Labute approximate surface area is 85.8 Å². The minimum atomic E-state index is -0.0844. The van der Waals surface area contributed by atoms with Gasteiger partial charge in [0.15, 0.2) is 0 Å². The second-order valence-corrected chi connectivity index (χ2v) is 3.99. The van der Waals surface area contributed by atoms with E-state index in [0.29, 0.717) is 18.4 Å². The molecule has 0 radical (unpaired) electrons. The minimum absolute atomic E-state index is 0.0844. The predicted molar refractivity (Wildman–Crippen MR) is 54.0 cm³/mol. The zero-order chi connectivity index (χ0) is 10.4. The summed E-state index contributed by atoms with van der Waals surface area (Å²) in [5.41, 5.74) is 0. The van der Waals surface area contributed by atoms with Crippen molar-refractivity contribution in [1.82, 2.24) is 0 Å². The van der Waals surface area contributed by atoms with Crippen molar-refractivity contribution in [2.75, 3.05) is 14.2 Å². The zero-order valence-corrected chi connectivity index (χ0v) is 9.12. The molecule has 0 unspecified atom stereocenters. The molecule has 1 rings (SSSR count). The van der Waals surface area contributed by atoms with Gasteiger partial charge in [-0.05, 0) is 38.0 Å². The second-order valence-electron chi connectivity index (χ2n) is 3.99. The van der Waals surface area contributed by atoms with Gasteiger partial charge in [0, 0.05) is 13.5 Å². The zero-order valence-electron chi connectivity index (χ0n) is 9.12. The molecule has 0 aromatic heterocycles. The molecule has 3 heteroatoms. The number of carbonyl (C=O) groups excluding carboxylic acids is 1. The van der Waals surface area contributed by atoms with Crippen LogP contribution in [-0.2, 0) is 14.3 Å². The summed E-state index contributed by atoms with van der Waals surface area (Å²) in [6.45, 7) is 0. The first-order chi connectivity index (χ1) is 6.76. The van der Waals surface area contributed by atoms with Crippen LogP contribution in [0.15, 0.2) is 0 Å². The number of hydrogen-bond acceptors (Lipinski definition) is 3. The van der Waals surface area contributed by atoms with Gasteiger partial charge < -0.3 is 9.47 Å². The number of ether oxygens (including phenoxy) is 2. The summed E-state index contributed by atoms with van der Waals surface area (Å²) in [5, 5.41) is 0. The summed E-state index contributed by atoms with van der Waals surface area (Å²) < 4.78 is 9.91. The average Bonchev–Trinajstić information content (AvgIpc) is 2.26. The Balaban J connectivity index is 2.13. The van der Waals surface area contributed by atoms with Crippen molar-refractivity contribution in [1.29, 1.82) is 0 Å². The Morgan fingerprint density at radius 3 is 2.36 bits per heavy atom. The average molecular weight is 200 g/mol. The predicted octanol–water partition coefficient (Wildman–Crippen LogP) is 2.14. The number of carbonyl (C=O) groups is 1. The molecule has 0 spiro atoms. The van der Waals surface area contributed by atoms with Gasteiger partial charge in [-0.3, -0.25) is 4.79 Å². The maximum atomic E-state index is 10.9. The fourth-order valence-electron chi connectivity index (χ4n) is 2.08. The van der Waals surface area contributed by atoms with Crippen molar-refractivity contribution < 1.29 is 14.3 Å². The summed E-state index contributed by atoms with van der Waals surface area (Å²) in [4.78, 5) is 10.9. The normalized spacial score (nSPS) is 27.3. The van der Waals surface area contributed by atoms with Crippen LogP contribution >= 0.6 is 0 Å². The number of methoxy groups -OCH3 is 2. The van der Waals surface area contributed by atoms with Crippen molar-refractivity contribution in [3.05, 3.63) is 0 Å². The standard InChI is InChI=1S/C11H20O3/c1-13-10-6-3-9(4-7-10)5-8-11(12)14-2/h9-10H,3-8H2,1-2H3. The van der Waals surface area contributed by atoms with E-state index in [1.54, 1.807) is 7.11 Å². The fourth-order valence-corrected chi connectivity index (χ4v) is 2.08. The van der Waals surface area contributed by atoms with Gasteiger partial charge in [0.05, 0.1) is 13.2 Å². The van der Waals surface area contributed by atoms with Gasteiger partial charge in [-0.15, -0.1) is 0 Å². The van der Waals surface area contributed by atoms with Gasteiger partial charge in [-0.2, -0.15) is 0 Å². The summed E-state index contributed by atoms with van der Waals surface area (Å²) in [5.74, 6) is 0.611. The first-order valence-electron chi connectivity index (χ1n) is 5.36. The molecular formula is C11H20O3. The Bertz CT molecular complexity index is 171. The second kappa shape index (κ2) is 6.02. The van der Waals surface area contributed by atoms with Crippen molar-refractivity contribution in [2.45, 2.75) is 44.6 Å². The third-order valence-corrected chi connectivity index (χ3v) is 3.11. The van der Waals surface area contributed by atoms with Gasteiger partial charge in [0.2, 0.25) is 0 Å². The van der Waals surface area contributed by atoms with Crippen molar-refractivity contribution in [3.63, 3.8) is 0 Å². The highest BCUT2D eigenvalue weighted by Gasteiger charge is 2.21. The smallest absolute Gasteiger partial charge is 0.305 e. The van der Waals surface area contributed by atoms with E-state index in [9.17, 15) is 4.79 Å². The van der Waals surface area contributed by atoms with Crippen LogP contribution < -0.4 is 0 Å². The number of rotatable bonds is 4. The molecule has 0 saturated heterocycles. The van der Waals surface area contributed by atoms with Crippen LogP contribution in [0.1, 0.15) is 38.5 Å². The fraction of sp³-hybridized carbons (Fsp3) is 0.909. The van der Waals surface area contributed by atoms with Gasteiger partial charge in [-0.1, -0.05) is 0 Å². The lowest BCUT2D eigenvalue weighted by atomic mass is 9.84. The molecule has 1 saturated carbocycles. The lowest BCUT2D eigenvalue weighted by Gasteiger charge is -2.27. The van der Waals surface area contributed by atoms with Gasteiger partial charge in [-0.25, -0.2) is 0 Å². The van der Waals surface area contributed by atoms with Crippen LogP contribution in [0.4, 0.5) is 0 Å². The highest BCUT2D eigenvalue weighted by molar-refractivity contribution is 5.69. The largest absolute Gasteiger partial charge is 0.469 e. The van der Waals surface area contributed by atoms with Crippen LogP contribution in [0, 0.1) is 5.92 Å². The number of hydrogen-bond donors (Lipinski definition) is 0. The summed E-state index contributed by atoms with van der Waals surface area (Å²) in [7, 11) is 3.23. The summed E-state index contributed by atoms with van der Waals surface area (Å²) in [6.07, 6.45) is 6.65. The first kappa shape index (κ1) is 11.5. The van der Waals surface area contributed by atoms with E-state index >= 15 is 0 Å². The monoisotopic (exact) mass is 200 g/mol. The highest BCUT2D eigenvalue weighted by atomic mass is 16.5. The third-order valence-electron chi connectivity index (χ3n) is 3.11. The molecule has 0 aliphatic heterocycles. The summed E-state index contributed by atoms with van der Waals surface area (Å²) in [6, 6.07) is 0. The molecule has 0 heterocycles. The molecule has 1 aliphatic rings. The maximum absolute atomic E-state index is 10.9. The van der Waals surface area contributed by atoms with Crippen LogP contribution in [0.2, 0.25) is 0 Å². The number of esters is 1. The Kier molecular flexibility index (Phi) is 4.94. The van der Waals surface area contributed by atoms with Crippen LogP contribution in [0.5, 0.6) is 0 Å². The molecule has 0 aromatic rings. The molecule has 14 heavy (non-hydrogen) atoms. The molecule has 1 fully saturated rings. The molecule has 3 nitrogen and oxygen atoms in total. The van der Waals surface area contributed by atoms with E-state index in [1.807, 2.05) is 0 Å². The van der Waals surface area contributed by atoms with E-state index in [2.05, 4.69) is 4.74 Å². The minimum Gasteiger partial charge on any atom is -0.469 e. The van der Waals surface area contributed by atoms with Crippen LogP contribution in [0.25, 0.3) is 0 Å². The molecule has 0 atom stereocenters. The molecule has 82 valence electrons. The van der Waals surface area contributed by atoms with Crippen molar-refractivity contribution in [2.24, 2.45) is 5.92 Å². The maximum Gasteiger partial charge on any atom is 0.305 e. The molecule has 0 aromatic carbocycles. The SMILES string of the molecule is COC(=O)CCC1CCC(OC)CC1. The van der Waals surface area contributed by atoms with E-state index in [4.69, 9.17) is 4.74 Å². The molecular weight excluding hydrogens is 180 g/mol. The van der Waals surface area contributed by atoms with Crippen LogP contribution in [-0.4, -0.2) is 26.3 Å². The lowest BCUT2D eigenvalue weighted by molar-refractivity contribution is -0.141. The van der Waals surface area contributed by atoms with E-state index < -0.39 is 0 Å². The molecule has 0 amide bonds. The first-order valence-corrected chi connectivity index (χ1v) is 5.36. The lowest BCUT2D eigenvalue weighted by Crippen LogP contribution is -2.20. The van der Waals surface area contributed by atoms with Gasteiger partial charge >= 0.3 is 5.97 Å². The third kappa shape index (κ3) is 3.66. The molecule has 0 bridgehead atoms. The van der Waals surface area contributed by atoms with Gasteiger partial charge in [0.1, 0.15) is 0 Å². The van der Waals surface area contributed by atoms with Crippen LogP contribution in [0.3, 0.4) is 0 Å². The van der Waals surface area contributed by atoms with Crippen molar-refractivity contribution in [3.8, 4) is 0 Å². The topological polar surface area (TPSA) is 35.5 Å². The van der Waals surface area contributed by atoms with E-state index in [-0.39, 0.29) is 5.97 Å². The quantitative estimate of drug-likeness (QED) is 0.652. The Hall–Kier alpha value is -0.570. The van der Waals surface area contributed by atoms with E-state index in [0.717, 1.165) is 19.3 Å². The van der Waals surface area contributed by atoms with Gasteiger partial charge in [0.25, 0.3) is 0 Å². The van der Waals surface area contributed by atoms with E-state index in [1.165, 1.54) is 20.0 Å².